The van der Waals surface area contributed by atoms with Crippen LogP contribution in [0.5, 0.6) is 11.5 Å². The molecule has 8 rings (SSSR count). The van der Waals surface area contributed by atoms with Crippen LogP contribution in [0.3, 0.4) is 0 Å². The van der Waals surface area contributed by atoms with E-state index in [4.69, 9.17) is 51.5 Å². The van der Waals surface area contributed by atoms with Crippen LogP contribution >= 0.6 is 11.6 Å². The van der Waals surface area contributed by atoms with Gasteiger partial charge in [0.2, 0.25) is 5.91 Å². The largest absolute Gasteiger partial charge is 0.491 e. The molecule has 6 aromatic rings. The number of aromatic nitrogens is 2. The number of amides is 10. The number of nitrogens with two attached hydrogens (primary N) is 2. The van der Waals surface area contributed by atoms with E-state index in [1.807, 2.05) is 19.1 Å². The van der Waals surface area contributed by atoms with E-state index in [1.165, 1.54) is 23.0 Å². The molecule has 4 heterocycles. The molecule has 0 aliphatic carbocycles. The number of likely N-dealkylation sites (N-methyl/N-ethyl adjacent to an activating group) is 1. The zero-order valence-corrected chi connectivity index (χ0v) is 58.0. The molecule has 31 heteroatoms. The quantitative estimate of drug-likeness (QED) is 0.0106. The molecule has 0 saturated carbocycles. The Morgan fingerprint density at radius 1 is 0.824 bits per heavy atom. The number of ketones is 1. The molecule has 2 aromatic heterocycles. The second-order valence-corrected chi connectivity index (χ2v) is 25.1. The predicted molar refractivity (Wildman–Crippen MR) is 376 cm³/mol. The summed E-state index contributed by atoms with van der Waals surface area (Å²) in [6.07, 6.45) is 2.23. The Labute approximate surface area is 592 Å². The summed E-state index contributed by atoms with van der Waals surface area (Å²) < 4.78 is 33.2. The molecule has 2 aliphatic rings. The maximum Gasteiger partial charge on any atom is 0.415 e. The number of carboxylic acid groups (broad SMARTS) is 1. The number of benzene rings is 4. The van der Waals surface area contributed by atoms with Gasteiger partial charge in [0.25, 0.3) is 23.6 Å². The van der Waals surface area contributed by atoms with Gasteiger partial charge in [0.15, 0.2) is 5.78 Å². The van der Waals surface area contributed by atoms with Crippen LogP contribution in [0.4, 0.5) is 36.2 Å². The van der Waals surface area contributed by atoms with Crippen LogP contribution in [0.25, 0.3) is 21.8 Å². The number of carbonyl (C=O) groups excluding carboxylic acids is 10. The number of hydrogen-bond donors (Lipinski definition) is 8. The number of unbranched alkanes of at least 4 members (excludes halogenated alkanes) is 1. The zero-order chi connectivity index (χ0) is 73.6. The number of pyridine rings is 1. The van der Waals surface area contributed by atoms with E-state index in [0.717, 1.165) is 33.6 Å². The van der Waals surface area contributed by atoms with Gasteiger partial charge in [0, 0.05) is 111 Å². The van der Waals surface area contributed by atoms with E-state index in [9.17, 15) is 57.8 Å². The van der Waals surface area contributed by atoms with Gasteiger partial charge in [-0.3, -0.25) is 38.5 Å². The Kier molecular flexibility index (Phi) is 28.0. The molecule has 10 amide bonds. The van der Waals surface area contributed by atoms with E-state index < -0.39 is 83.6 Å². The number of urea groups is 1. The van der Waals surface area contributed by atoms with Crippen molar-refractivity contribution in [1.29, 1.82) is 0 Å². The van der Waals surface area contributed by atoms with Crippen molar-refractivity contribution in [3.8, 4) is 11.5 Å². The highest BCUT2D eigenvalue weighted by Gasteiger charge is 2.37. The van der Waals surface area contributed by atoms with Crippen LogP contribution in [-0.4, -0.2) is 200 Å². The fraction of sp³-hybridized carbons (Fsp3) is 0.408. The molecule has 0 radical (unpaired) electrons. The van der Waals surface area contributed by atoms with Crippen molar-refractivity contribution in [1.82, 2.24) is 35.3 Å². The van der Waals surface area contributed by atoms with Crippen molar-refractivity contribution < 1.29 is 86.3 Å². The highest BCUT2D eigenvalue weighted by Crippen LogP contribution is 2.47. The molecular weight excluding hydrogens is 1340 g/mol. The number of rotatable bonds is 37. The number of ether oxygens (including phenoxy) is 6. The van der Waals surface area contributed by atoms with Crippen molar-refractivity contribution in [3.63, 3.8) is 0 Å². The number of alkyl carbamates (subject to hydrolysis) is 1. The van der Waals surface area contributed by atoms with Crippen molar-refractivity contribution in [2.24, 2.45) is 23.3 Å². The fourth-order valence-corrected chi connectivity index (χ4v) is 11.8. The van der Waals surface area contributed by atoms with Gasteiger partial charge in [0.1, 0.15) is 48.7 Å². The number of methoxy groups -OCH3 is 1. The molecule has 0 unspecified atom stereocenters. The van der Waals surface area contributed by atoms with E-state index in [1.54, 1.807) is 98.7 Å². The average Bonchev–Trinajstić information content (AvgIpc) is 1.55. The fourth-order valence-electron chi connectivity index (χ4n) is 11.5. The highest BCUT2D eigenvalue weighted by molar-refractivity contribution is 6.20. The van der Waals surface area contributed by atoms with E-state index in [2.05, 4.69) is 31.2 Å². The van der Waals surface area contributed by atoms with Crippen LogP contribution in [0.2, 0.25) is 0 Å². The second-order valence-electron chi connectivity index (χ2n) is 24.8. The van der Waals surface area contributed by atoms with Crippen LogP contribution in [0, 0.1) is 18.8 Å². The maximum atomic E-state index is 14.8. The number of carboxylic acids is 1. The number of anilines is 3. The molecule has 30 nitrogen and oxygen atoms in total. The lowest BCUT2D eigenvalue weighted by molar-refractivity contribution is -0.139. The van der Waals surface area contributed by atoms with Gasteiger partial charge >= 0.3 is 30.3 Å². The van der Waals surface area contributed by atoms with Crippen LogP contribution in [-0.2, 0) is 49.5 Å². The lowest BCUT2D eigenvalue weighted by Crippen LogP contribution is -2.46. The first-order valence-corrected chi connectivity index (χ1v) is 33.8. The van der Waals surface area contributed by atoms with E-state index in [0.29, 0.717) is 76.4 Å². The van der Waals surface area contributed by atoms with Crippen LogP contribution < -0.4 is 47.1 Å². The smallest absolute Gasteiger partial charge is 0.415 e. The van der Waals surface area contributed by atoms with Crippen molar-refractivity contribution in [2.75, 3.05) is 108 Å². The molecule has 4 atom stereocenters. The van der Waals surface area contributed by atoms with E-state index in [-0.39, 0.29) is 121 Å². The standard InChI is InChI=1S/C71H85ClN12O18/c1-42(2)62(80-69(94)100-33-31-98-29-28-83-58(86)22-23-59(83)87)56(85)36-46(11-9-24-75-68(74)93)65(89)77-49-18-14-44(15-19-49)41-101-70(95)81(4)26-27-82(25-7-6-13-53(73)67(91)92)71(96)102-57-37-55-61(60-43(3)10-8-12-52(57)60)48(38-72)40-84(55)66(90)54-35-47-34-50(39-76-63(47)79-54)78-64(88)45-16-20-51(21-17-45)99-32-30-97-5/h8,10,12,14-23,34-35,37,39,42,46,48,53,62H,6-7,9,11,13,24-33,36,38,40-41,73H2,1-5H3,(H,76,79)(H,77,89)(H,78,88)(H,80,94)(H,91,92)(H3,74,75,93)/t46-,48-,53+,62+/m1/s1. The Balaban J connectivity index is 0.887. The number of primary amides is 1. The molecule has 2 aliphatic heterocycles. The molecule has 0 fully saturated rings. The highest BCUT2D eigenvalue weighted by atomic mass is 35.5. The number of H-pyrrole nitrogens is 1. The van der Waals surface area contributed by atoms with Gasteiger partial charge in [-0.1, -0.05) is 44.2 Å². The molecule has 0 bridgehead atoms. The number of nitrogens with zero attached hydrogens (tertiary/aromatic N) is 5. The zero-order valence-electron chi connectivity index (χ0n) is 57.3. The third-order valence-corrected chi connectivity index (χ3v) is 17.4. The molecule has 10 N–H and O–H groups in total. The van der Waals surface area contributed by atoms with Gasteiger partial charge in [0.05, 0.1) is 50.0 Å². The Bertz CT molecular complexity index is 4040. The summed E-state index contributed by atoms with van der Waals surface area (Å²) in [5.41, 5.74) is 15.4. The first-order valence-electron chi connectivity index (χ1n) is 33.2. The Morgan fingerprint density at radius 3 is 2.26 bits per heavy atom. The number of Topliss-reactive ketones (excluding diaryl/α,β-unsaturated/α-hetero) is 1. The number of imide groups is 1. The summed E-state index contributed by atoms with van der Waals surface area (Å²) >= 11 is 6.69. The molecule has 544 valence electrons. The monoisotopic (exact) mass is 1430 g/mol. The molecule has 0 spiro atoms. The Hall–Kier alpha value is -10.7. The third-order valence-electron chi connectivity index (χ3n) is 17.0. The molecule has 0 saturated heterocycles. The number of carbonyl (C=O) groups is 11. The van der Waals surface area contributed by atoms with Crippen molar-refractivity contribution in [2.45, 2.75) is 83.9 Å². The molecular formula is C71H85ClN12O18. The minimum Gasteiger partial charge on any atom is -0.491 e. The number of fused-ring (bicyclic) bond motifs is 4. The minimum atomic E-state index is -1.17. The summed E-state index contributed by atoms with van der Waals surface area (Å²) in [5.74, 6) is -4.68. The number of aliphatic carboxylic acids is 1. The first kappa shape index (κ1) is 77.1. The van der Waals surface area contributed by atoms with Gasteiger partial charge in [-0.15, -0.1) is 11.6 Å². The minimum absolute atomic E-state index is 0.0127. The molecule has 4 aromatic carbocycles. The first-order chi connectivity index (χ1) is 48.9. The van der Waals surface area contributed by atoms with Gasteiger partial charge < -0.3 is 85.9 Å². The van der Waals surface area contributed by atoms with Gasteiger partial charge in [-0.25, -0.2) is 24.2 Å². The number of aryl methyl sites for hydroxylation is 1. The second kappa shape index (κ2) is 37.1. The number of alkyl halides is 1. The number of hydrogen-bond acceptors (Lipinski definition) is 19. The maximum absolute atomic E-state index is 14.8. The summed E-state index contributed by atoms with van der Waals surface area (Å²) in [6.45, 7) is 5.93. The van der Waals surface area contributed by atoms with E-state index >= 15 is 0 Å². The summed E-state index contributed by atoms with van der Waals surface area (Å²) in [4.78, 5) is 156. The average molecular weight is 1430 g/mol. The third kappa shape index (κ3) is 21.2. The number of aromatic amines is 1. The lowest BCUT2D eigenvalue weighted by Gasteiger charge is -2.26. The SMILES string of the molecule is COCCOc1ccc(C(=O)Nc2cnc3[nH]c(C(=O)N4C[C@@H](CCl)c5c4cc(OC(=O)N(CCCC[C@H](N)C(=O)O)CCN(C)C(=O)OCc4ccc(NC(=O)[C@H](CCCNC(N)=O)CC(=O)[C@@H](NC(=O)OCCOCCN6C(=O)C=CC6=O)C(C)C)cc4)c4cccc(C)c54)cc3c2)cc1. The normalized spacial score (nSPS) is 14.1. The summed E-state index contributed by atoms with van der Waals surface area (Å²) in [7, 11) is 3.06. The molecule has 102 heavy (non-hydrogen) atoms. The van der Waals surface area contributed by atoms with Gasteiger partial charge in [-0.05, 0) is 116 Å². The summed E-state index contributed by atoms with van der Waals surface area (Å²) in [5, 5.41) is 22.0. The topological polar surface area (TPSA) is 405 Å². The number of halogens is 1. The van der Waals surface area contributed by atoms with Crippen LogP contribution in [0.1, 0.15) is 95.8 Å². The van der Waals surface area contributed by atoms with Crippen LogP contribution in [0.15, 0.2) is 103 Å². The summed E-state index contributed by atoms with van der Waals surface area (Å²) in [6, 6.07) is 20.6. The van der Waals surface area contributed by atoms with Gasteiger partial charge in [-0.2, -0.15) is 0 Å². The van der Waals surface area contributed by atoms with Crippen molar-refractivity contribution >= 4 is 116 Å². The number of nitrogens with one attached hydrogen (secondary N) is 5. The Morgan fingerprint density at radius 2 is 1.57 bits per heavy atom. The lowest BCUT2D eigenvalue weighted by atomic mass is 9.89. The predicted octanol–water partition coefficient (Wildman–Crippen LogP) is 7.59. The van der Waals surface area contributed by atoms with Crippen molar-refractivity contribution in [3.05, 3.63) is 131 Å².